The van der Waals surface area contributed by atoms with E-state index in [1.807, 2.05) is 0 Å². The van der Waals surface area contributed by atoms with Crippen LogP contribution < -0.4 is 0 Å². The van der Waals surface area contributed by atoms with Crippen LogP contribution in [0.3, 0.4) is 0 Å². The van der Waals surface area contributed by atoms with E-state index >= 15 is 0 Å². The van der Waals surface area contributed by atoms with Crippen molar-refractivity contribution in [3.63, 3.8) is 0 Å². The third-order valence-electron chi connectivity index (χ3n) is 2.55. The molecule has 0 atom stereocenters. The minimum absolute atomic E-state index is 0.339. The minimum atomic E-state index is -0.485. The Balaban J connectivity index is 2.66. The summed E-state index contributed by atoms with van der Waals surface area (Å²) in [6.07, 6.45) is 0. The Labute approximate surface area is 113 Å². The highest BCUT2D eigenvalue weighted by atomic mass is 79.9. The molecule has 4 heteroatoms. The molecule has 0 fully saturated rings. The Hall–Kier alpha value is -1.68. The first-order valence-corrected chi connectivity index (χ1v) is 6.05. The molecule has 0 saturated heterocycles. The van der Waals surface area contributed by atoms with Crippen LogP contribution in [-0.4, -0.2) is 13.1 Å². The van der Waals surface area contributed by atoms with E-state index in [1.54, 1.807) is 36.4 Å². The van der Waals surface area contributed by atoms with Crippen molar-refractivity contribution in [1.29, 1.82) is 0 Å². The van der Waals surface area contributed by atoms with Gasteiger partial charge in [0.15, 0.2) is 0 Å². The molecule has 92 valence electrons. The fourth-order valence-corrected chi connectivity index (χ4v) is 2.07. The van der Waals surface area contributed by atoms with E-state index in [0.29, 0.717) is 16.7 Å². The summed E-state index contributed by atoms with van der Waals surface area (Å²) in [4.78, 5) is 11.7. The van der Waals surface area contributed by atoms with Gasteiger partial charge in [0.2, 0.25) is 0 Å². The lowest BCUT2D eigenvalue weighted by Crippen LogP contribution is -2.04. The van der Waals surface area contributed by atoms with Crippen LogP contribution in [0.5, 0.6) is 0 Å². The van der Waals surface area contributed by atoms with E-state index in [9.17, 15) is 9.18 Å². The summed E-state index contributed by atoms with van der Waals surface area (Å²) < 4.78 is 19.3. The second-order valence-corrected chi connectivity index (χ2v) is 4.58. The highest BCUT2D eigenvalue weighted by Crippen LogP contribution is 2.29. The number of carbonyl (C=O) groups excluding carboxylic acids is 1. The number of hydrogen-bond acceptors (Lipinski definition) is 2. The van der Waals surface area contributed by atoms with Gasteiger partial charge in [-0.15, -0.1) is 0 Å². The second kappa shape index (κ2) is 5.31. The first kappa shape index (κ1) is 12.8. The van der Waals surface area contributed by atoms with Gasteiger partial charge in [-0.3, -0.25) is 0 Å². The normalized spacial score (nSPS) is 10.2. The van der Waals surface area contributed by atoms with Crippen molar-refractivity contribution in [3.8, 4) is 11.1 Å². The van der Waals surface area contributed by atoms with E-state index in [2.05, 4.69) is 15.9 Å². The lowest BCUT2D eigenvalue weighted by Gasteiger charge is -2.09. The topological polar surface area (TPSA) is 26.3 Å². The molecule has 18 heavy (non-hydrogen) atoms. The van der Waals surface area contributed by atoms with Crippen molar-refractivity contribution in [2.75, 3.05) is 7.11 Å². The largest absolute Gasteiger partial charge is 0.465 e. The van der Waals surface area contributed by atoms with E-state index in [0.717, 1.165) is 4.47 Å². The summed E-state index contributed by atoms with van der Waals surface area (Å²) in [5, 5.41) is 0. The van der Waals surface area contributed by atoms with Gasteiger partial charge in [0.25, 0.3) is 0 Å². The molecule has 2 aromatic carbocycles. The summed E-state index contributed by atoms with van der Waals surface area (Å²) in [6, 6.07) is 11.3. The first-order valence-electron chi connectivity index (χ1n) is 5.26. The summed E-state index contributed by atoms with van der Waals surface area (Å²) in [5.74, 6) is -0.860. The van der Waals surface area contributed by atoms with Gasteiger partial charge in [-0.05, 0) is 24.3 Å². The molecule has 0 aromatic heterocycles. The van der Waals surface area contributed by atoms with Gasteiger partial charge < -0.3 is 4.74 Å². The first-order chi connectivity index (χ1) is 8.63. The number of methoxy groups -OCH3 is 1. The number of benzene rings is 2. The molecular weight excluding hydrogens is 299 g/mol. The lowest BCUT2D eigenvalue weighted by molar-refractivity contribution is 0.0601. The Morgan fingerprint density at radius 3 is 2.56 bits per heavy atom. The van der Waals surface area contributed by atoms with E-state index < -0.39 is 5.97 Å². The van der Waals surface area contributed by atoms with Crippen LogP contribution in [0.25, 0.3) is 11.1 Å². The molecule has 0 amide bonds. The molecule has 0 unspecified atom stereocenters. The fourth-order valence-electron chi connectivity index (χ4n) is 1.71. The van der Waals surface area contributed by atoms with Crippen molar-refractivity contribution < 1.29 is 13.9 Å². The quantitative estimate of drug-likeness (QED) is 0.783. The van der Waals surface area contributed by atoms with E-state index in [1.165, 1.54) is 13.2 Å². The second-order valence-electron chi connectivity index (χ2n) is 3.66. The van der Waals surface area contributed by atoms with Crippen LogP contribution in [0, 0.1) is 5.82 Å². The van der Waals surface area contributed by atoms with Gasteiger partial charge in [0.1, 0.15) is 5.82 Å². The fraction of sp³-hybridized carbons (Fsp3) is 0.0714. The zero-order chi connectivity index (χ0) is 13.1. The number of esters is 1. The zero-order valence-electron chi connectivity index (χ0n) is 9.61. The average Bonchev–Trinajstić information content (AvgIpc) is 2.38. The van der Waals surface area contributed by atoms with Gasteiger partial charge in [-0.2, -0.15) is 0 Å². The number of rotatable bonds is 2. The predicted octanol–water partition coefficient (Wildman–Crippen LogP) is 4.04. The van der Waals surface area contributed by atoms with Crippen LogP contribution in [0.2, 0.25) is 0 Å². The molecule has 0 N–H and O–H groups in total. The van der Waals surface area contributed by atoms with Gasteiger partial charge in [0.05, 0.1) is 12.7 Å². The Kier molecular flexibility index (Phi) is 3.77. The van der Waals surface area contributed by atoms with Crippen LogP contribution in [0.4, 0.5) is 4.39 Å². The third kappa shape index (κ3) is 2.43. The molecule has 0 aliphatic rings. The lowest BCUT2D eigenvalue weighted by atomic mass is 9.99. The molecule has 2 rings (SSSR count). The maximum atomic E-state index is 13.8. The standard InChI is InChI=1S/C14H10BrFO2/c1-18-14(17)11-7-6-9(15)8-12(11)10-4-2-3-5-13(10)16/h2-8H,1H3. The molecule has 0 radical (unpaired) electrons. The molecule has 0 aliphatic carbocycles. The molecule has 0 aliphatic heterocycles. The summed E-state index contributed by atoms with van der Waals surface area (Å²) in [7, 11) is 1.30. The average molecular weight is 309 g/mol. The maximum absolute atomic E-state index is 13.8. The van der Waals surface area contributed by atoms with Crippen molar-refractivity contribution >= 4 is 21.9 Å². The highest BCUT2D eigenvalue weighted by molar-refractivity contribution is 9.10. The van der Waals surface area contributed by atoms with E-state index in [4.69, 9.17) is 4.74 Å². The van der Waals surface area contributed by atoms with Crippen LogP contribution in [-0.2, 0) is 4.74 Å². The number of ether oxygens (including phenoxy) is 1. The molecule has 2 aromatic rings. The molecule has 2 nitrogen and oxygen atoms in total. The molecule has 0 bridgehead atoms. The van der Waals surface area contributed by atoms with Crippen LogP contribution >= 0.6 is 15.9 Å². The van der Waals surface area contributed by atoms with E-state index in [-0.39, 0.29) is 5.82 Å². The van der Waals surface area contributed by atoms with Crippen molar-refractivity contribution in [2.45, 2.75) is 0 Å². The Bertz CT molecular complexity index is 596. The van der Waals surface area contributed by atoms with Crippen molar-refractivity contribution in [1.82, 2.24) is 0 Å². The Morgan fingerprint density at radius 2 is 1.89 bits per heavy atom. The van der Waals surface area contributed by atoms with Crippen LogP contribution in [0.1, 0.15) is 10.4 Å². The SMILES string of the molecule is COC(=O)c1ccc(Br)cc1-c1ccccc1F. The highest BCUT2D eigenvalue weighted by Gasteiger charge is 2.15. The van der Waals surface area contributed by atoms with Gasteiger partial charge in [0, 0.05) is 15.6 Å². The van der Waals surface area contributed by atoms with Gasteiger partial charge >= 0.3 is 5.97 Å². The molecule has 0 saturated carbocycles. The molecular formula is C14H10BrFO2. The van der Waals surface area contributed by atoms with Gasteiger partial charge in [-0.1, -0.05) is 34.1 Å². The molecule has 0 spiro atoms. The minimum Gasteiger partial charge on any atom is -0.465 e. The van der Waals surface area contributed by atoms with Gasteiger partial charge in [-0.25, -0.2) is 9.18 Å². The monoisotopic (exact) mass is 308 g/mol. The summed E-state index contributed by atoms with van der Waals surface area (Å²) >= 11 is 3.31. The zero-order valence-corrected chi connectivity index (χ0v) is 11.2. The molecule has 0 heterocycles. The predicted molar refractivity (Wildman–Crippen MR) is 70.9 cm³/mol. The Morgan fingerprint density at radius 1 is 1.17 bits per heavy atom. The summed E-state index contributed by atoms with van der Waals surface area (Å²) in [6.45, 7) is 0. The maximum Gasteiger partial charge on any atom is 0.338 e. The smallest absolute Gasteiger partial charge is 0.338 e. The summed E-state index contributed by atoms with van der Waals surface area (Å²) in [5.41, 5.74) is 1.22. The number of halogens is 2. The number of carbonyl (C=O) groups is 1. The number of hydrogen-bond donors (Lipinski definition) is 0. The van der Waals surface area contributed by atoms with Crippen LogP contribution in [0.15, 0.2) is 46.9 Å². The third-order valence-corrected chi connectivity index (χ3v) is 3.04. The van der Waals surface area contributed by atoms with Crippen molar-refractivity contribution in [3.05, 3.63) is 58.3 Å². The van der Waals surface area contributed by atoms with Crippen molar-refractivity contribution in [2.24, 2.45) is 0 Å².